The molecule has 5 nitrogen and oxygen atoms in total. The fourth-order valence-corrected chi connectivity index (χ4v) is 3.57. The van der Waals surface area contributed by atoms with Crippen LogP contribution in [0, 0.1) is 5.82 Å². The Kier molecular flexibility index (Phi) is 7.25. The molecule has 1 aromatic rings. The van der Waals surface area contributed by atoms with E-state index in [9.17, 15) is 35.5 Å². The van der Waals surface area contributed by atoms with Crippen LogP contribution in [0.3, 0.4) is 0 Å². The third kappa shape index (κ3) is 6.18. The second kappa shape index (κ2) is 9.62. The zero-order chi connectivity index (χ0) is 24.4. The summed E-state index contributed by atoms with van der Waals surface area (Å²) in [6.45, 7) is 2.68. The number of halogens is 7. The van der Waals surface area contributed by atoms with Crippen molar-refractivity contribution in [3.05, 3.63) is 53.5 Å². The minimum absolute atomic E-state index is 0.137. The van der Waals surface area contributed by atoms with Crippen LogP contribution in [0.15, 0.2) is 42.1 Å². The molecule has 182 valence electrons. The highest BCUT2D eigenvalue weighted by molar-refractivity contribution is 5.68. The van der Waals surface area contributed by atoms with Gasteiger partial charge in [-0.15, -0.1) is 0 Å². The molecule has 0 saturated carbocycles. The van der Waals surface area contributed by atoms with Gasteiger partial charge in [0.05, 0.1) is 0 Å². The molecule has 0 radical (unpaired) electrons. The molecule has 33 heavy (non-hydrogen) atoms. The van der Waals surface area contributed by atoms with Crippen LogP contribution >= 0.6 is 0 Å². The Labute approximate surface area is 185 Å². The van der Waals surface area contributed by atoms with Crippen LogP contribution in [0.4, 0.5) is 41.2 Å². The van der Waals surface area contributed by atoms with E-state index in [0.717, 1.165) is 10.6 Å². The molecule has 1 fully saturated rings. The maximum absolute atomic E-state index is 14.7. The Hall–Kier alpha value is -2.76. The molecule has 0 N–H and O–H groups in total. The average Bonchev–Trinajstić information content (AvgIpc) is 2.72. The van der Waals surface area contributed by atoms with Crippen molar-refractivity contribution in [3.63, 3.8) is 0 Å². The molecule has 1 saturated heterocycles. The molecule has 0 atom stereocenters. The number of allylic oxidation sites excluding steroid dienone is 3. The van der Waals surface area contributed by atoms with Crippen molar-refractivity contribution in [3.8, 4) is 0 Å². The molecular formula is C21H22F7N3O2. The van der Waals surface area contributed by atoms with Crippen LogP contribution < -0.4 is 4.90 Å². The van der Waals surface area contributed by atoms with Gasteiger partial charge in [0.2, 0.25) is 0 Å². The normalized spacial score (nSPS) is 18.0. The zero-order valence-corrected chi connectivity index (χ0v) is 17.6. The summed E-state index contributed by atoms with van der Waals surface area (Å²) >= 11 is 0. The summed E-state index contributed by atoms with van der Waals surface area (Å²) in [5.41, 5.74) is 2.04. The number of ether oxygens (including phenoxy) is 1. The second-order valence-corrected chi connectivity index (χ2v) is 7.73. The average molecular weight is 481 g/mol. The quantitative estimate of drug-likeness (QED) is 0.576. The molecule has 0 spiro atoms. The highest BCUT2D eigenvalue weighted by atomic mass is 19.4. The van der Waals surface area contributed by atoms with E-state index in [2.05, 4.69) is 4.74 Å². The van der Waals surface area contributed by atoms with Gasteiger partial charge in [-0.1, -0.05) is 18.2 Å². The van der Waals surface area contributed by atoms with Crippen LogP contribution in [0.25, 0.3) is 0 Å². The number of hydrogen-bond donors (Lipinski definition) is 0. The van der Waals surface area contributed by atoms with Gasteiger partial charge < -0.3 is 14.5 Å². The Morgan fingerprint density at radius 2 is 1.70 bits per heavy atom. The van der Waals surface area contributed by atoms with E-state index >= 15 is 0 Å². The molecule has 0 aromatic heterocycles. The van der Waals surface area contributed by atoms with E-state index in [4.69, 9.17) is 0 Å². The van der Waals surface area contributed by atoms with Crippen molar-refractivity contribution in [1.82, 2.24) is 9.80 Å². The molecule has 2 aliphatic heterocycles. The topological polar surface area (TPSA) is 36.0 Å². The lowest BCUT2D eigenvalue weighted by Gasteiger charge is -2.35. The summed E-state index contributed by atoms with van der Waals surface area (Å²) in [7, 11) is 0. The number of hydrogen-bond acceptors (Lipinski definition) is 4. The maximum atomic E-state index is 14.7. The van der Waals surface area contributed by atoms with Gasteiger partial charge in [-0.05, 0) is 25.1 Å². The minimum atomic E-state index is -5.77. The predicted molar refractivity (Wildman–Crippen MR) is 106 cm³/mol. The van der Waals surface area contributed by atoms with E-state index in [-0.39, 0.29) is 32.7 Å². The Balaban J connectivity index is 1.55. The minimum Gasteiger partial charge on any atom is -0.426 e. The molecule has 2 heterocycles. The molecule has 1 aromatic carbocycles. The number of rotatable bonds is 4. The lowest BCUT2D eigenvalue weighted by atomic mass is 10.1. The smallest absolute Gasteiger partial charge is 0.426 e. The number of carbonyl (C=O) groups excluding carboxylic acids is 1. The fraction of sp³-hybridized carbons (Fsp3) is 0.476. The maximum Gasteiger partial charge on any atom is 0.434 e. The Bertz CT molecular complexity index is 905. The van der Waals surface area contributed by atoms with Crippen LogP contribution in [0.2, 0.25) is 0 Å². The van der Waals surface area contributed by atoms with Gasteiger partial charge in [0.1, 0.15) is 5.82 Å². The zero-order valence-electron chi connectivity index (χ0n) is 17.6. The van der Waals surface area contributed by atoms with E-state index in [1.165, 1.54) is 6.07 Å². The monoisotopic (exact) mass is 481 g/mol. The Morgan fingerprint density at radius 3 is 2.24 bits per heavy atom. The largest absolute Gasteiger partial charge is 0.434 e. The fourth-order valence-electron chi connectivity index (χ4n) is 3.57. The van der Waals surface area contributed by atoms with E-state index in [1.807, 2.05) is 30.1 Å². The van der Waals surface area contributed by atoms with E-state index in [0.29, 0.717) is 17.8 Å². The number of amides is 1. The lowest BCUT2D eigenvalue weighted by molar-refractivity contribution is -0.308. The Morgan fingerprint density at radius 1 is 1.06 bits per heavy atom. The number of carbonyl (C=O) groups is 1. The number of nitrogens with zero attached hydrogens (tertiary/aromatic N) is 3. The third-order valence-corrected chi connectivity index (χ3v) is 5.37. The van der Waals surface area contributed by atoms with Gasteiger partial charge in [-0.25, -0.2) is 9.18 Å². The van der Waals surface area contributed by atoms with Crippen molar-refractivity contribution in [2.45, 2.75) is 31.9 Å². The molecule has 12 heteroatoms. The molecule has 0 bridgehead atoms. The molecule has 0 aliphatic carbocycles. The molecule has 0 unspecified atom stereocenters. The van der Waals surface area contributed by atoms with E-state index < -0.39 is 30.4 Å². The summed E-state index contributed by atoms with van der Waals surface area (Å²) in [6, 6.07) is 4.82. The number of alkyl halides is 6. The second-order valence-electron chi connectivity index (χ2n) is 7.73. The van der Waals surface area contributed by atoms with Crippen molar-refractivity contribution in [2.24, 2.45) is 0 Å². The van der Waals surface area contributed by atoms with Gasteiger partial charge >= 0.3 is 18.4 Å². The predicted octanol–water partition coefficient (Wildman–Crippen LogP) is 4.85. The van der Waals surface area contributed by atoms with Gasteiger partial charge in [0, 0.05) is 56.2 Å². The standard InChI is InChI=1S/C21H22F7N3O2/c1-14-4-2-3-7-31(14)16-6-5-15(17(22)12-16)13-29-8-10-30(11-9-29)19(32)33-18(20(23,24)25)21(26,27)28/h2-6,12,18H,7-11,13H2,1H3. The summed E-state index contributed by atoms with van der Waals surface area (Å²) in [5, 5.41) is 0. The highest BCUT2D eigenvalue weighted by Crippen LogP contribution is 2.36. The number of anilines is 1. The summed E-state index contributed by atoms with van der Waals surface area (Å²) in [4.78, 5) is 16.3. The van der Waals surface area contributed by atoms with Crippen LogP contribution in [0.1, 0.15) is 12.5 Å². The van der Waals surface area contributed by atoms with Crippen LogP contribution in [-0.2, 0) is 11.3 Å². The number of benzene rings is 1. The first-order chi connectivity index (χ1) is 15.4. The summed E-state index contributed by atoms with van der Waals surface area (Å²) in [5.74, 6) is -0.435. The first kappa shape index (κ1) is 24.9. The van der Waals surface area contributed by atoms with Crippen LogP contribution in [0.5, 0.6) is 0 Å². The molecule has 1 amide bonds. The highest BCUT2D eigenvalue weighted by Gasteiger charge is 2.60. The van der Waals surface area contributed by atoms with Gasteiger partial charge in [-0.3, -0.25) is 4.90 Å². The third-order valence-electron chi connectivity index (χ3n) is 5.37. The van der Waals surface area contributed by atoms with Crippen molar-refractivity contribution in [1.29, 1.82) is 0 Å². The summed E-state index contributed by atoms with van der Waals surface area (Å²) in [6.07, 6.45) is -11.6. The van der Waals surface area contributed by atoms with Crippen molar-refractivity contribution in [2.75, 3.05) is 37.6 Å². The summed E-state index contributed by atoms with van der Waals surface area (Å²) < 4.78 is 93.9. The molecule has 2 aliphatic rings. The first-order valence-corrected chi connectivity index (χ1v) is 10.1. The van der Waals surface area contributed by atoms with E-state index in [1.54, 1.807) is 17.0 Å². The lowest BCUT2D eigenvalue weighted by Crippen LogP contribution is -2.52. The van der Waals surface area contributed by atoms with Crippen LogP contribution in [-0.4, -0.2) is 67.1 Å². The van der Waals surface area contributed by atoms with Crippen molar-refractivity contribution < 1.29 is 40.3 Å². The van der Waals surface area contributed by atoms with Crippen molar-refractivity contribution >= 4 is 11.8 Å². The SMILES string of the molecule is CC1=CC=CCN1c1ccc(CN2CCN(C(=O)OC(C(F)(F)F)C(F)(F)F)CC2)c(F)c1. The molecular weight excluding hydrogens is 459 g/mol. The first-order valence-electron chi connectivity index (χ1n) is 10.1. The van der Waals surface area contributed by atoms with Gasteiger partial charge in [-0.2, -0.15) is 26.3 Å². The van der Waals surface area contributed by atoms with Gasteiger partial charge in [0.25, 0.3) is 6.10 Å². The van der Waals surface area contributed by atoms with Gasteiger partial charge in [0.15, 0.2) is 0 Å². The number of piperazine rings is 1. The molecule has 3 rings (SSSR count).